The molecule has 0 amide bonds. The molecule has 4 heteroatoms. The predicted octanol–water partition coefficient (Wildman–Crippen LogP) is 0.581. The highest BCUT2D eigenvalue weighted by atomic mass is 32.2. The molecule has 0 fully saturated rings. The molecular formula is C6H11NO2S. The zero-order valence-corrected chi connectivity index (χ0v) is 6.98. The molecular weight excluding hydrogens is 150 g/mol. The molecule has 3 nitrogen and oxygen atoms in total. The van der Waals surface area contributed by atoms with Gasteiger partial charge in [-0.3, -0.25) is 0 Å². The van der Waals surface area contributed by atoms with Gasteiger partial charge in [-0.2, -0.15) is 5.26 Å². The van der Waals surface area contributed by atoms with Crippen molar-refractivity contribution in [2.45, 2.75) is 13.3 Å². The molecule has 0 rings (SSSR count). The van der Waals surface area contributed by atoms with Crippen LogP contribution in [0.3, 0.4) is 0 Å². The van der Waals surface area contributed by atoms with Crippen LogP contribution in [0, 0.1) is 17.2 Å². The molecule has 1 unspecified atom stereocenters. The highest BCUT2D eigenvalue weighted by Gasteiger charge is 2.05. The van der Waals surface area contributed by atoms with Gasteiger partial charge >= 0.3 is 0 Å². The van der Waals surface area contributed by atoms with Gasteiger partial charge in [-0.25, -0.2) is 8.42 Å². The maximum atomic E-state index is 10.5. The minimum atomic E-state index is -2.88. The average molecular weight is 161 g/mol. The Labute approximate surface area is 61.6 Å². The van der Waals surface area contributed by atoms with Crippen molar-refractivity contribution in [3.63, 3.8) is 0 Å². The van der Waals surface area contributed by atoms with Crippen LogP contribution in [0.4, 0.5) is 0 Å². The fourth-order valence-corrected chi connectivity index (χ4v) is 1.24. The van der Waals surface area contributed by atoms with Crippen molar-refractivity contribution < 1.29 is 8.42 Å². The van der Waals surface area contributed by atoms with Crippen molar-refractivity contribution in [1.82, 2.24) is 0 Å². The first-order chi connectivity index (χ1) is 4.45. The van der Waals surface area contributed by atoms with Crippen LogP contribution in [0.1, 0.15) is 13.3 Å². The summed E-state index contributed by atoms with van der Waals surface area (Å²) in [5, 5.41) is 8.29. The van der Waals surface area contributed by atoms with Gasteiger partial charge in [0.25, 0.3) is 0 Å². The van der Waals surface area contributed by atoms with Gasteiger partial charge < -0.3 is 0 Å². The van der Waals surface area contributed by atoms with E-state index in [1.165, 1.54) is 6.26 Å². The molecule has 0 saturated heterocycles. The SMILES string of the molecule is CC(C#N)CCS(C)(=O)=O. The van der Waals surface area contributed by atoms with Crippen molar-refractivity contribution in [2.24, 2.45) is 5.92 Å². The third kappa shape index (κ3) is 5.57. The molecule has 0 aliphatic carbocycles. The van der Waals surface area contributed by atoms with Crippen LogP contribution in [0.5, 0.6) is 0 Å². The molecule has 0 saturated carbocycles. The zero-order chi connectivity index (χ0) is 8.20. The summed E-state index contributed by atoms with van der Waals surface area (Å²) in [6.45, 7) is 1.71. The highest BCUT2D eigenvalue weighted by molar-refractivity contribution is 7.90. The van der Waals surface area contributed by atoms with E-state index in [0.29, 0.717) is 6.42 Å². The second-order valence-electron chi connectivity index (χ2n) is 2.45. The summed E-state index contributed by atoms with van der Waals surface area (Å²) in [6, 6.07) is 1.97. The predicted molar refractivity (Wildman–Crippen MR) is 39.1 cm³/mol. The minimum absolute atomic E-state index is 0.113. The van der Waals surface area contributed by atoms with E-state index in [1.54, 1.807) is 6.92 Å². The van der Waals surface area contributed by atoms with Gasteiger partial charge in [0.15, 0.2) is 0 Å². The smallest absolute Gasteiger partial charge is 0.147 e. The topological polar surface area (TPSA) is 57.9 Å². The first-order valence-electron chi connectivity index (χ1n) is 3.03. The molecule has 0 aliphatic rings. The Morgan fingerprint density at radius 3 is 2.40 bits per heavy atom. The Hall–Kier alpha value is -0.560. The third-order valence-electron chi connectivity index (χ3n) is 1.14. The van der Waals surface area contributed by atoms with E-state index >= 15 is 0 Å². The first-order valence-corrected chi connectivity index (χ1v) is 5.09. The summed E-state index contributed by atoms with van der Waals surface area (Å²) in [6.07, 6.45) is 1.62. The second-order valence-corrected chi connectivity index (χ2v) is 4.71. The number of sulfone groups is 1. The van der Waals surface area contributed by atoms with Gasteiger partial charge in [-0.1, -0.05) is 0 Å². The molecule has 0 heterocycles. The molecule has 10 heavy (non-hydrogen) atoms. The fraction of sp³-hybridized carbons (Fsp3) is 0.833. The highest BCUT2D eigenvalue weighted by Crippen LogP contribution is 2.00. The average Bonchev–Trinajstić information content (AvgIpc) is 1.81. The fourth-order valence-electron chi connectivity index (χ4n) is 0.455. The summed E-state index contributed by atoms with van der Waals surface area (Å²) in [5.41, 5.74) is 0. The maximum absolute atomic E-state index is 10.5. The van der Waals surface area contributed by atoms with Crippen LogP contribution in [0.2, 0.25) is 0 Å². The molecule has 0 bridgehead atoms. The summed E-state index contributed by atoms with van der Waals surface area (Å²) in [5.74, 6) is -0.0448. The quantitative estimate of drug-likeness (QED) is 0.608. The molecule has 0 aromatic rings. The lowest BCUT2D eigenvalue weighted by molar-refractivity contribution is 0.592. The van der Waals surface area contributed by atoms with E-state index in [4.69, 9.17) is 5.26 Å². The Balaban J connectivity index is 3.70. The molecule has 0 aliphatic heterocycles. The number of hydrogen-bond acceptors (Lipinski definition) is 3. The van der Waals surface area contributed by atoms with Crippen molar-refractivity contribution in [3.05, 3.63) is 0 Å². The number of nitriles is 1. The Kier molecular flexibility index (Phi) is 3.37. The molecule has 0 aromatic heterocycles. The monoisotopic (exact) mass is 161 g/mol. The van der Waals surface area contributed by atoms with Crippen molar-refractivity contribution in [1.29, 1.82) is 5.26 Å². The molecule has 0 radical (unpaired) electrons. The van der Waals surface area contributed by atoms with E-state index in [-0.39, 0.29) is 11.7 Å². The standard InChI is InChI=1S/C6H11NO2S/c1-6(5-7)3-4-10(2,8)9/h6H,3-4H2,1-2H3. The second kappa shape index (κ2) is 3.57. The largest absolute Gasteiger partial charge is 0.229 e. The van der Waals surface area contributed by atoms with Gasteiger partial charge in [0.2, 0.25) is 0 Å². The summed E-state index contributed by atoms with van der Waals surface area (Å²) in [7, 11) is -2.88. The van der Waals surface area contributed by atoms with Gasteiger partial charge in [0, 0.05) is 12.2 Å². The summed E-state index contributed by atoms with van der Waals surface area (Å²) in [4.78, 5) is 0. The molecule has 0 aromatic carbocycles. The zero-order valence-electron chi connectivity index (χ0n) is 6.16. The summed E-state index contributed by atoms with van der Waals surface area (Å²) >= 11 is 0. The lowest BCUT2D eigenvalue weighted by Crippen LogP contribution is -2.06. The van der Waals surface area contributed by atoms with Crippen molar-refractivity contribution >= 4 is 9.84 Å². The molecule has 58 valence electrons. The van der Waals surface area contributed by atoms with E-state index in [2.05, 4.69) is 0 Å². The Morgan fingerprint density at radius 2 is 2.10 bits per heavy atom. The Morgan fingerprint density at radius 1 is 1.60 bits per heavy atom. The molecule has 0 N–H and O–H groups in total. The van der Waals surface area contributed by atoms with Crippen LogP contribution in [-0.4, -0.2) is 20.4 Å². The lowest BCUT2D eigenvalue weighted by Gasteiger charge is -1.98. The van der Waals surface area contributed by atoms with E-state index in [1.807, 2.05) is 6.07 Å². The number of nitrogens with zero attached hydrogens (tertiary/aromatic N) is 1. The van der Waals surface area contributed by atoms with Gasteiger partial charge in [-0.05, 0) is 13.3 Å². The first kappa shape index (κ1) is 9.44. The van der Waals surface area contributed by atoms with Crippen molar-refractivity contribution in [3.8, 4) is 6.07 Å². The van der Waals surface area contributed by atoms with Crippen LogP contribution >= 0.6 is 0 Å². The molecule has 1 atom stereocenters. The van der Waals surface area contributed by atoms with Crippen LogP contribution in [0.25, 0.3) is 0 Å². The third-order valence-corrected chi connectivity index (χ3v) is 2.12. The van der Waals surface area contributed by atoms with Crippen molar-refractivity contribution in [2.75, 3.05) is 12.0 Å². The number of rotatable bonds is 3. The normalized spacial score (nSPS) is 14.1. The van der Waals surface area contributed by atoms with Crippen LogP contribution in [-0.2, 0) is 9.84 Å². The molecule has 0 spiro atoms. The minimum Gasteiger partial charge on any atom is -0.229 e. The van der Waals surface area contributed by atoms with Crippen LogP contribution in [0.15, 0.2) is 0 Å². The number of hydrogen-bond donors (Lipinski definition) is 0. The Bertz CT molecular complexity index is 225. The van der Waals surface area contributed by atoms with E-state index < -0.39 is 9.84 Å². The van der Waals surface area contributed by atoms with Gasteiger partial charge in [0.1, 0.15) is 9.84 Å². The van der Waals surface area contributed by atoms with Gasteiger partial charge in [-0.15, -0.1) is 0 Å². The van der Waals surface area contributed by atoms with E-state index in [0.717, 1.165) is 0 Å². The van der Waals surface area contributed by atoms with E-state index in [9.17, 15) is 8.42 Å². The summed E-state index contributed by atoms with van der Waals surface area (Å²) < 4.78 is 21.1. The lowest BCUT2D eigenvalue weighted by atomic mass is 10.1. The van der Waals surface area contributed by atoms with Crippen LogP contribution < -0.4 is 0 Å². The maximum Gasteiger partial charge on any atom is 0.147 e. The van der Waals surface area contributed by atoms with Gasteiger partial charge in [0.05, 0.1) is 11.8 Å².